The van der Waals surface area contributed by atoms with E-state index in [0.717, 1.165) is 46.7 Å². The van der Waals surface area contributed by atoms with Crippen LogP contribution in [0.25, 0.3) is 33.1 Å². The monoisotopic (exact) mass is 588 g/mol. The molecule has 43 heavy (non-hydrogen) atoms. The molecule has 1 N–H and O–H groups in total. The van der Waals surface area contributed by atoms with E-state index in [9.17, 15) is 18.0 Å². The maximum atomic E-state index is 13.2. The molecule has 0 aliphatic carbocycles. The molecule has 11 heteroatoms. The predicted octanol–water partition coefficient (Wildman–Crippen LogP) is 7.54. The van der Waals surface area contributed by atoms with Crippen molar-refractivity contribution in [1.29, 1.82) is 0 Å². The van der Waals surface area contributed by atoms with E-state index in [2.05, 4.69) is 40.5 Å². The number of urea groups is 1. The standard InChI is InChI=1S/C32H31F3N6O2/c1-2-3-12-26-37-29(27-28(39-43-30(27)38-26)23-14-13-21-8-4-5-9-22(21)19-23)40-15-7-16-41(18-17-40)31(42)36-25-11-6-10-24(20-25)32(33,34)35/h4-6,8-11,13-14,19-20H,2-3,7,12,15-18H2,1H3,(H,36,42). The molecule has 0 bridgehead atoms. The summed E-state index contributed by atoms with van der Waals surface area (Å²) in [5.41, 5.74) is 1.25. The molecule has 2 amide bonds. The molecule has 1 aliphatic heterocycles. The fraction of sp³-hybridized carbons (Fsp3) is 0.312. The van der Waals surface area contributed by atoms with Gasteiger partial charge in [-0.05, 0) is 47.9 Å². The van der Waals surface area contributed by atoms with Crippen molar-refractivity contribution in [3.05, 3.63) is 78.1 Å². The molecule has 8 nitrogen and oxygen atoms in total. The number of carbonyl (C=O) groups is 1. The number of rotatable bonds is 6. The van der Waals surface area contributed by atoms with Crippen LogP contribution in [0.1, 0.15) is 37.6 Å². The number of unbranched alkanes of at least 4 members (excludes halogenated alkanes) is 1. The first-order valence-electron chi connectivity index (χ1n) is 14.4. The number of anilines is 2. The Balaban J connectivity index is 1.28. The van der Waals surface area contributed by atoms with Crippen molar-refractivity contribution in [3.63, 3.8) is 0 Å². The molecule has 1 fully saturated rings. The lowest BCUT2D eigenvalue weighted by Crippen LogP contribution is -2.38. The summed E-state index contributed by atoms with van der Waals surface area (Å²) >= 11 is 0. The fourth-order valence-corrected chi connectivity index (χ4v) is 5.40. The third kappa shape index (κ3) is 6.11. The minimum atomic E-state index is -4.49. The molecule has 1 aliphatic rings. The maximum Gasteiger partial charge on any atom is 0.416 e. The highest BCUT2D eigenvalue weighted by molar-refractivity contribution is 6.00. The second-order valence-electron chi connectivity index (χ2n) is 10.7. The number of aryl methyl sites for hydroxylation is 1. The maximum absolute atomic E-state index is 13.2. The summed E-state index contributed by atoms with van der Waals surface area (Å²) in [6.07, 6.45) is -1.22. The van der Waals surface area contributed by atoms with Gasteiger partial charge in [-0.2, -0.15) is 18.2 Å². The number of halogens is 3. The molecule has 0 radical (unpaired) electrons. The second kappa shape index (κ2) is 11.9. The van der Waals surface area contributed by atoms with Gasteiger partial charge in [0.25, 0.3) is 5.71 Å². The number of aromatic nitrogens is 3. The van der Waals surface area contributed by atoms with Crippen LogP contribution in [0.3, 0.4) is 0 Å². The van der Waals surface area contributed by atoms with E-state index in [0.29, 0.717) is 62.1 Å². The van der Waals surface area contributed by atoms with Gasteiger partial charge in [0.15, 0.2) is 0 Å². The predicted molar refractivity (Wildman–Crippen MR) is 160 cm³/mol. The Bertz CT molecular complexity index is 1770. The molecular weight excluding hydrogens is 557 g/mol. The van der Waals surface area contributed by atoms with Crippen LogP contribution in [0, 0.1) is 0 Å². The van der Waals surface area contributed by atoms with Gasteiger partial charge in [-0.15, -0.1) is 0 Å². The van der Waals surface area contributed by atoms with E-state index in [1.54, 1.807) is 4.90 Å². The Hall–Kier alpha value is -4.67. The normalized spacial score (nSPS) is 14.3. The number of nitrogens with one attached hydrogen (secondary N) is 1. The average molecular weight is 589 g/mol. The quantitative estimate of drug-likeness (QED) is 0.221. The summed E-state index contributed by atoms with van der Waals surface area (Å²) in [5, 5.41) is 9.97. The first-order chi connectivity index (χ1) is 20.8. The van der Waals surface area contributed by atoms with Crippen LogP contribution in [0.5, 0.6) is 0 Å². The average Bonchev–Trinajstić information content (AvgIpc) is 3.27. The van der Waals surface area contributed by atoms with Gasteiger partial charge in [-0.1, -0.05) is 61.0 Å². The van der Waals surface area contributed by atoms with Crippen molar-refractivity contribution in [1.82, 2.24) is 20.0 Å². The van der Waals surface area contributed by atoms with Crippen LogP contribution < -0.4 is 10.2 Å². The van der Waals surface area contributed by atoms with Gasteiger partial charge in [0.05, 0.1) is 5.56 Å². The highest BCUT2D eigenvalue weighted by Crippen LogP contribution is 2.36. The van der Waals surface area contributed by atoms with Crippen molar-refractivity contribution in [3.8, 4) is 11.3 Å². The van der Waals surface area contributed by atoms with Crippen LogP contribution in [0.4, 0.5) is 29.5 Å². The summed E-state index contributed by atoms with van der Waals surface area (Å²) in [6.45, 7) is 4.00. The molecule has 6 rings (SSSR count). The van der Waals surface area contributed by atoms with Crippen molar-refractivity contribution in [2.75, 3.05) is 36.4 Å². The zero-order valence-corrected chi connectivity index (χ0v) is 23.7. The summed E-state index contributed by atoms with van der Waals surface area (Å²) in [5.74, 6) is 1.38. The molecule has 5 aromatic rings. The lowest BCUT2D eigenvalue weighted by Gasteiger charge is -2.24. The molecule has 1 saturated heterocycles. The summed E-state index contributed by atoms with van der Waals surface area (Å²) in [7, 11) is 0. The number of hydrogen-bond donors (Lipinski definition) is 1. The topological polar surface area (TPSA) is 87.4 Å². The first-order valence-corrected chi connectivity index (χ1v) is 14.4. The second-order valence-corrected chi connectivity index (χ2v) is 10.7. The van der Waals surface area contributed by atoms with E-state index in [4.69, 9.17) is 14.5 Å². The number of carbonyl (C=O) groups excluding carboxylic acids is 1. The molecule has 0 saturated carbocycles. The Morgan fingerprint density at radius 3 is 2.60 bits per heavy atom. The molecule has 3 aromatic carbocycles. The highest BCUT2D eigenvalue weighted by atomic mass is 19.4. The van der Waals surface area contributed by atoms with Crippen LogP contribution in [0.15, 0.2) is 71.3 Å². The van der Waals surface area contributed by atoms with E-state index < -0.39 is 17.8 Å². The van der Waals surface area contributed by atoms with Gasteiger partial charge in [-0.3, -0.25) is 0 Å². The number of fused-ring (bicyclic) bond motifs is 2. The van der Waals surface area contributed by atoms with Crippen molar-refractivity contribution in [2.24, 2.45) is 0 Å². The van der Waals surface area contributed by atoms with E-state index >= 15 is 0 Å². The molecule has 222 valence electrons. The zero-order chi connectivity index (χ0) is 30.0. The number of benzene rings is 3. The Morgan fingerprint density at radius 2 is 1.79 bits per heavy atom. The highest BCUT2D eigenvalue weighted by Gasteiger charge is 2.31. The minimum Gasteiger partial charge on any atom is -0.354 e. The van der Waals surface area contributed by atoms with Gasteiger partial charge in [0, 0.05) is 43.9 Å². The lowest BCUT2D eigenvalue weighted by atomic mass is 10.0. The largest absolute Gasteiger partial charge is 0.416 e. The number of nitrogens with zero attached hydrogens (tertiary/aromatic N) is 5. The van der Waals surface area contributed by atoms with Crippen LogP contribution in [-0.2, 0) is 12.6 Å². The van der Waals surface area contributed by atoms with Crippen LogP contribution in [0.2, 0.25) is 0 Å². The molecule has 0 spiro atoms. The summed E-state index contributed by atoms with van der Waals surface area (Å²) < 4.78 is 45.3. The molecule has 2 aromatic heterocycles. The molecular formula is C32H31F3N6O2. The SMILES string of the molecule is CCCCc1nc(N2CCCN(C(=O)Nc3cccc(C(F)(F)F)c3)CC2)c2c(-c3ccc4ccccc4c3)noc2n1. The van der Waals surface area contributed by atoms with Gasteiger partial charge < -0.3 is 19.6 Å². The Morgan fingerprint density at radius 1 is 0.953 bits per heavy atom. The number of hydrogen-bond acceptors (Lipinski definition) is 6. The smallest absolute Gasteiger partial charge is 0.354 e. The zero-order valence-electron chi connectivity index (χ0n) is 23.7. The lowest BCUT2D eigenvalue weighted by molar-refractivity contribution is -0.137. The van der Waals surface area contributed by atoms with Crippen LogP contribution >= 0.6 is 0 Å². The van der Waals surface area contributed by atoms with E-state index in [1.165, 1.54) is 12.1 Å². The third-order valence-corrected chi connectivity index (χ3v) is 7.66. The minimum absolute atomic E-state index is 0.100. The van der Waals surface area contributed by atoms with E-state index in [1.807, 2.05) is 24.3 Å². The van der Waals surface area contributed by atoms with Crippen molar-refractivity contribution >= 4 is 39.4 Å². The van der Waals surface area contributed by atoms with E-state index in [-0.39, 0.29) is 5.69 Å². The summed E-state index contributed by atoms with van der Waals surface area (Å²) in [6, 6.07) is 18.4. The Kier molecular flexibility index (Phi) is 7.88. The van der Waals surface area contributed by atoms with Gasteiger partial charge in [0.1, 0.15) is 22.7 Å². The Labute approximate surface area is 246 Å². The van der Waals surface area contributed by atoms with Crippen molar-refractivity contribution < 1.29 is 22.5 Å². The molecule has 3 heterocycles. The first kappa shape index (κ1) is 28.4. The fourth-order valence-electron chi connectivity index (χ4n) is 5.40. The van der Waals surface area contributed by atoms with Crippen LogP contribution in [-0.4, -0.2) is 52.2 Å². The summed E-state index contributed by atoms with van der Waals surface area (Å²) in [4.78, 5) is 26.5. The number of amides is 2. The molecule has 0 unspecified atom stereocenters. The number of alkyl halides is 3. The van der Waals surface area contributed by atoms with Crippen molar-refractivity contribution in [2.45, 2.75) is 38.8 Å². The molecule has 0 atom stereocenters. The third-order valence-electron chi connectivity index (χ3n) is 7.66. The van der Waals surface area contributed by atoms with Gasteiger partial charge in [0.2, 0.25) is 0 Å². The van der Waals surface area contributed by atoms with Gasteiger partial charge in [-0.25, -0.2) is 9.78 Å². The van der Waals surface area contributed by atoms with Gasteiger partial charge >= 0.3 is 12.2 Å².